The smallest absolute Gasteiger partial charge is 0.273 e. The molecule has 1 aliphatic heterocycles. The van der Waals surface area contributed by atoms with Crippen molar-refractivity contribution >= 4 is 11.7 Å². The lowest BCUT2D eigenvalue weighted by Crippen LogP contribution is -2.41. The van der Waals surface area contributed by atoms with E-state index in [1.165, 1.54) is 0 Å². The Bertz CT molecular complexity index is 745. The average Bonchev–Trinajstić information content (AvgIpc) is 2.69. The van der Waals surface area contributed by atoms with Crippen LogP contribution in [0.25, 0.3) is 11.3 Å². The summed E-state index contributed by atoms with van der Waals surface area (Å²) in [5, 5.41) is 2.86. The van der Waals surface area contributed by atoms with E-state index in [1.807, 2.05) is 24.3 Å². The highest BCUT2D eigenvalue weighted by Crippen LogP contribution is 2.21. The van der Waals surface area contributed by atoms with Crippen LogP contribution in [-0.2, 0) is 4.74 Å². The van der Waals surface area contributed by atoms with Crippen LogP contribution >= 0.6 is 0 Å². The van der Waals surface area contributed by atoms with E-state index in [1.54, 1.807) is 13.3 Å². The van der Waals surface area contributed by atoms with Crippen LogP contribution in [0.15, 0.2) is 30.5 Å². The Kier molecular flexibility index (Phi) is 5.98. The first-order chi connectivity index (χ1) is 12.7. The minimum absolute atomic E-state index is 0.117. The number of ether oxygens (including phenoxy) is 2. The highest BCUT2D eigenvalue weighted by atomic mass is 16.5. The standard InChI is InChI=1S/C18H23N5O3/c1-25-14-4-2-13(3-5-14)15-12-21-17(19)16(22-15)18(24)20-6-7-23-8-10-26-11-9-23/h2-5,12H,6-11H2,1H3,(H2,19,21)(H,20,24). The monoisotopic (exact) mass is 357 g/mol. The van der Waals surface area contributed by atoms with Gasteiger partial charge in [0.05, 0.1) is 32.2 Å². The van der Waals surface area contributed by atoms with Crippen molar-refractivity contribution in [1.29, 1.82) is 0 Å². The van der Waals surface area contributed by atoms with Crippen molar-refractivity contribution in [1.82, 2.24) is 20.2 Å². The molecule has 8 heteroatoms. The number of methoxy groups -OCH3 is 1. The molecule has 3 rings (SSSR count). The predicted molar refractivity (Wildman–Crippen MR) is 98.0 cm³/mol. The molecule has 0 unspecified atom stereocenters. The summed E-state index contributed by atoms with van der Waals surface area (Å²) in [4.78, 5) is 23.2. The third kappa shape index (κ3) is 4.47. The van der Waals surface area contributed by atoms with E-state index in [0.29, 0.717) is 12.2 Å². The number of amides is 1. The minimum atomic E-state index is -0.321. The van der Waals surface area contributed by atoms with Crippen LogP contribution < -0.4 is 15.8 Å². The minimum Gasteiger partial charge on any atom is -0.497 e. The number of morpholine rings is 1. The van der Waals surface area contributed by atoms with Crippen LogP contribution in [0, 0.1) is 0 Å². The van der Waals surface area contributed by atoms with Gasteiger partial charge in [-0.3, -0.25) is 9.69 Å². The number of carbonyl (C=O) groups excluding carboxylic acids is 1. The molecule has 138 valence electrons. The summed E-state index contributed by atoms with van der Waals surface area (Å²) in [5.74, 6) is 0.544. The van der Waals surface area contributed by atoms with Gasteiger partial charge in [-0.1, -0.05) is 0 Å². The fourth-order valence-corrected chi connectivity index (χ4v) is 2.70. The van der Waals surface area contributed by atoms with Crippen molar-refractivity contribution in [2.24, 2.45) is 0 Å². The Morgan fingerprint density at radius 2 is 2.04 bits per heavy atom. The molecule has 1 fully saturated rings. The predicted octanol–water partition coefficient (Wildman–Crippen LogP) is 0.796. The number of carbonyl (C=O) groups is 1. The van der Waals surface area contributed by atoms with E-state index in [2.05, 4.69) is 20.2 Å². The Hall–Kier alpha value is -2.71. The highest BCUT2D eigenvalue weighted by molar-refractivity contribution is 5.96. The van der Waals surface area contributed by atoms with Gasteiger partial charge in [-0.2, -0.15) is 0 Å². The Morgan fingerprint density at radius 3 is 2.73 bits per heavy atom. The normalized spacial score (nSPS) is 14.8. The van der Waals surface area contributed by atoms with Crippen LogP contribution in [0.2, 0.25) is 0 Å². The van der Waals surface area contributed by atoms with Crippen molar-refractivity contribution in [3.8, 4) is 17.0 Å². The zero-order chi connectivity index (χ0) is 18.4. The average molecular weight is 357 g/mol. The van der Waals surface area contributed by atoms with Gasteiger partial charge in [0.2, 0.25) is 0 Å². The van der Waals surface area contributed by atoms with Gasteiger partial charge in [-0.25, -0.2) is 9.97 Å². The number of nitrogens with two attached hydrogens (primary N) is 1. The summed E-state index contributed by atoms with van der Waals surface area (Å²) in [7, 11) is 1.61. The number of aromatic nitrogens is 2. The number of hydrogen-bond acceptors (Lipinski definition) is 7. The van der Waals surface area contributed by atoms with Crippen molar-refractivity contribution in [3.05, 3.63) is 36.2 Å². The lowest BCUT2D eigenvalue weighted by molar-refractivity contribution is 0.0383. The van der Waals surface area contributed by atoms with Gasteiger partial charge in [0.1, 0.15) is 5.75 Å². The SMILES string of the molecule is COc1ccc(-c2cnc(N)c(C(=O)NCCN3CCOCC3)n2)cc1. The molecule has 26 heavy (non-hydrogen) atoms. The van der Waals surface area contributed by atoms with Crippen LogP contribution in [-0.4, -0.2) is 67.3 Å². The highest BCUT2D eigenvalue weighted by Gasteiger charge is 2.16. The van der Waals surface area contributed by atoms with Gasteiger partial charge < -0.3 is 20.5 Å². The van der Waals surface area contributed by atoms with Crippen molar-refractivity contribution in [2.45, 2.75) is 0 Å². The molecule has 0 radical (unpaired) electrons. The number of nitrogen functional groups attached to an aromatic ring is 1. The number of nitrogens with one attached hydrogen (secondary N) is 1. The Morgan fingerprint density at radius 1 is 1.31 bits per heavy atom. The maximum atomic E-state index is 12.4. The van der Waals surface area contributed by atoms with Crippen molar-refractivity contribution in [2.75, 3.05) is 52.2 Å². The first-order valence-corrected chi connectivity index (χ1v) is 8.52. The van der Waals surface area contributed by atoms with E-state index in [9.17, 15) is 4.79 Å². The maximum Gasteiger partial charge on any atom is 0.273 e. The fraction of sp³-hybridized carbons (Fsp3) is 0.389. The zero-order valence-corrected chi connectivity index (χ0v) is 14.8. The summed E-state index contributed by atoms with van der Waals surface area (Å²) in [6.07, 6.45) is 1.56. The molecule has 0 atom stereocenters. The fourth-order valence-electron chi connectivity index (χ4n) is 2.70. The lowest BCUT2D eigenvalue weighted by atomic mass is 10.1. The van der Waals surface area contributed by atoms with Gasteiger partial charge >= 0.3 is 0 Å². The van der Waals surface area contributed by atoms with E-state index >= 15 is 0 Å². The molecule has 2 aromatic rings. The third-order valence-electron chi connectivity index (χ3n) is 4.22. The van der Waals surface area contributed by atoms with Gasteiger partial charge in [0.25, 0.3) is 5.91 Å². The van der Waals surface area contributed by atoms with Crippen LogP contribution in [0.5, 0.6) is 5.75 Å². The lowest BCUT2D eigenvalue weighted by Gasteiger charge is -2.26. The van der Waals surface area contributed by atoms with Gasteiger partial charge in [0.15, 0.2) is 11.5 Å². The zero-order valence-electron chi connectivity index (χ0n) is 14.8. The molecule has 0 bridgehead atoms. The molecule has 2 heterocycles. The molecule has 0 saturated carbocycles. The molecule has 1 aliphatic rings. The van der Waals surface area contributed by atoms with Gasteiger partial charge in [-0.05, 0) is 24.3 Å². The summed E-state index contributed by atoms with van der Waals surface area (Å²) in [5.41, 5.74) is 7.40. The van der Waals surface area contributed by atoms with Crippen molar-refractivity contribution in [3.63, 3.8) is 0 Å². The first-order valence-electron chi connectivity index (χ1n) is 8.52. The Balaban J connectivity index is 1.65. The van der Waals surface area contributed by atoms with Crippen LogP contribution in [0.3, 0.4) is 0 Å². The van der Waals surface area contributed by atoms with Crippen LogP contribution in [0.4, 0.5) is 5.82 Å². The topological polar surface area (TPSA) is 103 Å². The molecule has 0 spiro atoms. The first kappa shape index (κ1) is 18.1. The second-order valence-corrected chi connectivity index (χ2v) is 5.93. The number of hydrogen-bond donors (Lipinski definition) is 2. The molecule has 1 aromatic heterocycles. The summed E-state index contributed by atoms with van der Waals surface area (Å²) >= 11 is 0. The molecule has 1 amide bonds. The van der Waals surface area contributed by atoms with E-state index < -0.39 is 0 Å². The van der Waals surface area contributed by atoms with E-state index in [4.69, 9.17) is 15.2 Å². The summed E-state index contributed by atoms with van der Waals surface area (Å²) in [6, 6.07) is 7.38. The quantitative estimate of drug-likeness (QED) is 0.788. The van der Waals surface area contributed by atoms with E-state index in [-0.39, 0.29) is 17.4 Å². The summed E-state index contributed by atoms with van der Waals surface area (Å²) < 4.78 is 10.5. The molecular formula is C18H23N5O3. The van der Waals surface area contributed by atoms with Gasteiger partial charge in [-0.15, -0.1) is 0 Å². The Labute approximate surface area is 152 Å². The number of nitrogens with zero attached hydrogens (tertiary/aromatic N) is 3. The maximum absolute atomic E-state index is 12.4. The summed E-state index contributed by atoms with van der Waals surface area (Å²) in [6.45, 7) is 4.51. The second kappa shape index (κ2) is 8.59. The molecule has 3 N–H and O–H groups in total. The molecule has 8 nitrogen and oxygen atoms in total. The molecule has 1 aromatic carbocycles. The number of anilines is 1. The largest absolute Gasteiger partial charge is 0.497 e. The number of benzene rings is 1. The van der Waals surface area contributed by atoms with Crippen LogP contribution in [0.1, 0.15) is 10.5 Å². The van der Waals surface area contributed by atoms with E-state index in [0.717, 1.165) is 44.2 Å². The van der Waals surface area contributed by atoms with Crippen molar-refractivity contribution < 1.29 is 14.3 Å². The molecular weight excluding hydrogens is 334 g/mol. The molecule has 0 aliphatic carbocycles. The third-order valence-corrected chi connectivity index (χ3v) is 4.22. The number of rotatable bonds is 6. The second-order valence-electron chi connectivity index (χ2n) is 5.93. The molecule has 1 saturated heterocycles. The van der Waals surface area contributed by atoms with Gasteiger partial charge in [0, 0.05) is 31.7 Å².